The van der Waals surface area contributed by atoms with Gasteiger partial charge in [0.15, 0.2) is 0 Å². The lowest BCUT2D eigenvalue weighted by Crippen LogP contribution is -2.36. The molecule has 1 aromatic rings. The Kier molecular flexibility index (Phi) is 4.80. The largest absolute Gasteiger partial charge is 0.354 e. The molecular formula is C13H22ClN5. The highest BCUT2D eigenvalue weighted by Crippen LogP contribution is 2.43. The Balaban J connectivity index is 1.97. The predicted octanol–water partition coefficient (Wildman–Crippen LogP) is 3.34. The standard InChI is InChI=1S/C13H22ClN5/c1-3-8-15-11-17-10(14)18-12(19-11)16-9-13(4-2)6-5-7-13/h3-9H2,1-2H3,(H2,15,16,17,18,19). The maximum atomic E-state index is 5.92. The summed E-state index contributed by atoms with van der Waals surface area (Å²) >= 11 is 5.92. The average molecular weight is 284 g/mol. The zero-order valence-electron chi connectivity index (χ0n) is 11.7. The zero-order chi connectivity index (χ0) is 13.7. The Morgan fingerprint density at radius 1 is 1.11 bits per heavy atom. The van der Waals surface area contributed by atoms with Crippen molar-refractivity contribution in [2.45, 2.75) is 46.0 Å². The smallest absolute Gasteiger partial charge is 0.228 e. The molecule has 0 unspecified atom stereocenters. The molecule has 19 heavy (non-hydrogen) atoms. The molecular weight excluding hydrogens is 262 g/mol. The summed E-state index contributed by atoms with van der Waals surface area (Å²) in [5.41, 5.74) is 0.427. The van der Waals surface area contributed by atoms with Gasteiger partial charge < -0.3 is 10.6 Å². The van der Waals surface area contributed by atoms with Crippen molar-refractivity contribution in [3.8, 4) is 0 Å². The minimum Gasteiger partial charge on any atom is -0.354 e. The summed E-state index contributed by atoms with van der Waals surface area (Å²) < 4.78 is 0. The number of nitrogens with one attached hydrogen (secondary N) is 2. The highest BCUT2D eigenvalue weighted by molar-refractivity contribution is 6.28. The van der Waals surface area contributed by atoms with Crippen LogP contribution in [0.15, 0.2) is 0 Å². The summed E-state index contributed by atoms with van der Waals surface area (Å²) in [6.45, 7) is 6.09. The van der Waals surface area contributed by atoms with E-state index in [0.29, 0.717) is 17.3 Å². The van der Waals surface area contributed by atoms with Crippen LogP contribution in [-0.2, 0) is 0 Å². The molecule has 106 valence electrons. The van der Waals surface area contributed by atoms with Crippen LogP contribution < -0.4 is 10.6 Å². The number of anilines is 2. The van der Waals surface area contributed by atoms with E-state index in [1.165, 1.54) is 25.7 Å². The van der Waals surface area contributed by atoms with E-state index >= 15 is 0 Å². The lowest BCUT2D eigenvalue weighted by atomic mass is 9.67. The molecule has 0 radical (unpaired) electrons. The summed E-state index contributed by atoms with van der Waals surface area (Å²) in [6, 6.07) is 0. The summed E-state index contributed by atoms with van der Waals surface area (Å²) in [5, 5.41) is 6.67. The van der Waals surface area contributed by atoms with Crippen molar-refractivity contribution in [2.75, 3.05) is 23.7 Å². The fourth-order valence-electron chi connectivity index (χ4n) is 2.34. The predicted molar refractivity (Wildman–Crippen MR) is 78.7 cm³/mol. The number of hydrogen-bond donors (Lipinski definition) is 2. The molecule has 1 saturated carbocycles. The first-order valence-corrected chi connectivity index (χ1v) is 7.44. The van der Waals surface area contributed by atoms with Gasteiger partial charge in [0.25, 0.3) is 0 Å². The Bertz CT molecular complexity index is 414. The highest BCUT2D eigenvalue weighted by atomic mass is 35.5. The molecule has 1 aliphatic carbocycles. The van der Waals surface area contributed by atoms with Gasteiger partial charge in [0, 0.05) is 13.1 Å². The van der Waals surface area contributed by atoms with Crippen LogP contribution >= 0.6 is 11.6 Å². The van der Waals surface area contributed by atoms with Crippen molar-refractivity contribution < 1.29 is 0 Å². The Hall–Kier alpha value is -1.10. The van der Waals surface area contributed by atoms with E-state index in [-0.39, 0.29) is 5.28 Å². The van der Waals surface area contributed by atoms with E-state index in [0.717, 1.165) is 19.5 Å². The van der Waals surface area contributed by atoms with E-state index in [2.05, 4.69) is 39.4 Å². The van der Waals surface area contributed by atoms with Crippen LogP contribution in [0.3, 0.4) is 0 Å². The third-order valence-electron chi connectivity index (χ3n) is 3.93. The molecule has 0 atom stereocenters. The fraction of sp³-hybridized carbons (Fsp3) is 0.769. The van der Waals surface area contributed by atoms with Gasteiger partial charge in [0.1, 0.15) is 0 Å². The molecule has 0 bridgehead atoms. The Labute approximate surface area is 119 Å². The monoisotopic (exact) mass is 283 g/mol. The minimum absolute atomic E-state index is 0.232. The quantitative estimate of drug-likeness (QED) is 0.803. The van der Waals surface area contributed by atoms with Gasteiger partial charge in [0.2, 0.25) is 17.2 Å². The van der Waals surface area contributed by atoms with E-state index < -0.39 is 0 Å². The molecule has 0 saturated heterocycles. The van der Waals surface area contributed by atoms with E-state index in [1.807, 2.05) is 0 Å². The molecule has 6 heteroatoms. The first-order valence-electron chi connectivity index (χ1n) is 7.07. The second kappa shape index (κ2) is 6.37. The van der Waals surface area contributed by atoms with Gasteiger partial charge in [0.05, 0.1) is 0 Å². The van der Waals surface area contributed by atoms with Crippen LogP contribution in [0.2, 0.25) is 5.28 Å². The van der Waals surface area contributed by atoms with E-state index in [1.54, 1.807) is 0 Å². The van der Waals surface area contributed by atoms with Crippen LogP contribution in [0.4, 0.5) is 11.9 Å². The highest BCUT2D eigenvalue weighted by Gasteiger charge is 2.34. The first-order chi connectivity index (χ1) is 9.17. The van der Waals surface area contributed by atoms with E-state index in [4.69, 9.17) is 11.6 Å². The normalized spacial score (nSPS) is 16.8. The molecule has 0 amide bonds. The summed E-state index contributed by atoms with van der Waals surface area (Å²) in [4.78, 5) is 12.5. The molecule has 0 aliphatic heterocycles. The maximum absolute atomic E-state index is 5.92. The van der Waals surface area contributed by atoms with Crippen molar-refractivity contribution in [2.24, 2.45) is 5.41 Å². The number of aromatic nitrogens is 3. The van der Waals surface area contributed by atoms with Crippen molar-refractivity contribution in [1.82, 2.24) is 15.0 Å². The van der Waals surface area contributed by atoms with Crippen molar-refractivity contribution >= 4 is 23.5 Å². The molecule has 0 aromatic carbocycles. The third kappa shape index (κ3) is 3.69. The molecule has 2 N–H and O–H groups in total. The lowest BCUT2D eigenvalue weighted by molar-refractivity contribution is 0.144. The molecule has 5 nitrogen and oxygen atoms in total. The second-order valence-corrected chi connectivity index (χ2v) is 5.58. The number of halogens is 1. The van der Waals surface area contributed by atoms with Crippen molar-refractivity contribution in [1.29, 1.82) is 0 Å². The van der Waals surface area contributed by atoms with Crippen LogP contribution in [-0.4, -0.2) is 28.0 Å². The van der Waals surface area contributed by atoms with Gasteiger partial charge in [-0.15, -0.1) is 0 Å². The van der Waals surface area contributed by atoms with Gasteiger partial charge >= 0.3 is 0 Å². The van der Waals surface area contributed by atoms with Crippen LogP contribution in [0.5, 0.6) is 0 Å². The minimum atomic E-state index is 0.232. The van der Waals surface area contributed by atoms with Gasteiger partial charge in [-0.25, -0.2) is 0 Å². The van der Waals surface area contributed by atoms with Crippen molar-refractivity contribution in [3.05, 3.63) is 5.28 Å². The zero-order valence-corrected chi connectivity index (χ0v) is 12.4. The van der Waals surface area contributed by atoms with Gasteiger partial charge in [-0.3, -0.25) is 0 Å². The van der Waals surface area contributed by atoms with Crippen LogP contribution in [0, 0.1) is 5.41 Å². The topological polar surface area (TPSA) is 62.7 Å². The van der Waals surface area contributed by atoms with E-state index in [9.17, 15) is 0 Å². The van der Waals surface area contributed by atoms with Crippen molar-refractivity contribution in [3.63, 3.8) is 0 Å². The molecule has 1 heterocycles. The fourth-order valence-corrected chi connectivity index (χ4v) is 2.50. The van der Waals surface area contributed by atoms with Gasteiger partial charge in [-0.1, -0.05) is 20.3 Å². The average Bonchev–Trinajstić information content (AvgIpc) is 2.35. The lowest BCUT2D eigenvalue weighted by Gasteiger charge is -2.41. The Morgan fingerprint density at radius 2 is 1.79 bits per heavy atom. The molecule has 0 spiro atoms. The number of hydrogen-bond acceptors (Lipinski definition) is 5. The third-order valence-corrected chi connectivity index (χ3v) is 4.10. The SMILES string of the molecule is CCCNc1nc(Cl)nc(NCC2(CC)CCC2)n1. The van der Waals surface area contributed by atoms with Gasteiger partial charge in [-0.05, 0) is 42.7 Å². The first kappa shape index (κ1) is 14.3. The molecule has 1 aromatic heterocycles. The van der Waals surface area contributed by atoms with Gasteiger partial charge in [-0.2, -0.15) is 15.0 Å². The molecule has 1 fully saturated rings. The second-order valence-electron chi connectivity index (χ2n) is 5.24. The maximum Gasteiger partial charge on any atom is 0.228 e. The summed E-state index contributed by atoms with van der Waals surface area (Å²) in [5.74, 6) is 1.11. The number of rotatable bonds is 7. The summed E-state index contributed by atoms with van der Waals surface area (Å²) in [7, 11) is 0. The number of nitrogens with zero attached hydrogens (tertiary/aromatic N) is 3. The molecule has 2 rings (SSSR count). The van der Waals surface area contributed by atoms with Crippen LogP contribution in [0.25, 0.3) is 0 Å². The Morgan fingerprint density at radius 3 is 2.32 bits per heavy atom. The summed E-state index contributed by atoms with van der Waals surface area (Å²) in [6.07, 6.45) is 6.12. The molecule has 1 aliphatic rings. The van der Waals surface area contributed by atoms with Crippen LogP contribution in [0.1, 0.15) is 46.0 Å².